The topological polar surface area (TPSA) is 38.3 Å². The van der Waals surface area contributed by atoms with Gasteiger partial charge in [-0.2, -0.15) is 11.8 Å². The second-order valence-electron chi connectivity index (χ2n) is 3.70. The first-order chi connectivity index (χ1) is 7.76. The molecule has 1 atom stereocenters. The molecule has 4 heteroatoms. The number of carbonyl (C=O) groups excluding carboxylic acids is 1. The van der Waals surface area contributed by atoms with Crippen molar-refractivity contribution in [3.8, 4) is 0 Å². The molecule has 0 aliphatic rings. The van der Waals surface area contributed by atoms with Gasteiger partial charge in [-0.05, 0) is 38.3 Å². The second kappa shape index (κ2) is 11.3. The monoisotopic (exact) mass is 247 g/mol. The molecule has 0 aromatic rings. The lowest BCUT2D eigenvalue weighted by Gasteiger charge is -2.14. The number of thioether (sulfide) groups is 1. The highest BCUT2D eigenvalue weighted by Crippen LogP contribution is 2.09. The summed E-state index contributed by atoms with van der Waals surface area (Å²) in [6.45, 7) is 4.51. The van der Waals surface area contributed by atoms with E-state index >= 15 is 0 Å². The molecule has 1 N–H and O–H groups in total. The van der Waals surface area contributed by atoms with Crippen LogP contribution >= 0.6 is 11.8 Å². The Kier molecular flexibility index (Phi) is 11.1. The maximum Gasteiger partial charge on any atom is 0.323 e. The van der Waals surface area contributed by atoms with Gasteiger partial charge in [-0.25, -0.2) is 0 Å². The van der Waals surface area contributed by atoms with Crippen molar-refractivity contribution in [3.05, 3.63) is 0 Å². The molecule has 0 aromatic heterocycles. The number of hydrogen-bond acceptors (Lipinski definition) is 4. The molecule has 0 spiro atoms. The van der Waals surface area contributed by atoms with Crippen molar-refractivity contribution in [1.29, 1.82) is 0 Å². The highest BCUT2D eigenvalue weighted by molar-refractivity contribution is 7.99. The van der Waals surface area contributed by atoms with Crippen LogP contribution in [0.25, 0.3) is 0 Å². The third-order valence-electron chi connectivity index (χ3n) is 2.36. The van der Waals surface area contributed by atoms with E-state index in [1.807, 2.05) is 25.7 Å². The lowest BCUT2D eigenvalue weighted by molar-refractivity contribution is -0.145. The number of ether oxygens (including phenoxy) is 1. The van der Waals surface area contributed by atoms with Crippen LogP contribution in [0.5, 0.6) is 0 Å². The smallest absolute Gasteiger partial charge is 0.323 e. The molecule has 0 bridgehead atoms. The Hall–Kier alpha value is -0.220. The third kappa shape index (κ3) is 7.99. The molecule has 0 rings (SSSR count). The van der Waals surface area contributed by atoms with Crippen molar-refractivity contribution in [1.82, 2.24) is 5.32 Å². The largest absolute Gasteiger partial charge is 0.465 e. The van der Waals surface area contributed by atoms with Crippen LogP contribution in [0.1, 0.15) is 39.5 Å². The molecule has 0 aromatic carbocycles. The van der Waals surface area contributed by atoms with Crippen LogP contribution in [-0.4, -0.2) is 37.2 Å². The Balaban J connectivity index is 3.51. The van der Waals surface area contributed by atoms with Crippen molar-refractivity contribution in [3.63, 3.8) is 0 Å². The molecule has 96 valence electrons. The van der Waals surface area contributed by atoms with Crippen LogP contribution in [0, 0.1) is 0 Å². The van der Waals surface area contributed by atoms with E-state index in [1.54, 1.807) is 0 Å². The van der Waals surface area contributed by atoms with E-state index in [0.717, 1.165) is 12.2 Å². The number of nitrogens with one attached hydrogen (secondary N) is 1. The number of likely N-dealkylation sites (N-methyl/N-ethyl adjacent to an activating group) is 1. The van der Waals surface area contributed by atoms with Crippen molar-refractivity contribution < 1.29 is 9.53 Å². The Morgan fingerprint density at radius 2 is 2.06 bits per heavy atom. The van der Waals surface area contributed by atoms with Gasteiger partial charge in [-0.15, -0.1) is 0 Å². The van der Waals surface area contributed by atoms with Gasteiger partial charge in [-0.3, -0.25) is 4.79 Å². The van der Waals surface area contributed by atoms with E-state index in [9.17, 15) is 4.79 Å². The summed E-state index contributed by atoms with van der Waals surface area (Å²) in [6.07, 6.45) is 4.71. The maximum atomic E-state index is 11.4. The van der Waals surface area contributed by atoms with Crippen LogP contribution < -0.4 is 5.32 Å². The zero-order valence-corrected chi connectivity index (χ0v) is 11.6. The first kappa shape index (κ1) is 15.8. The van der Waals surface area contributed by atoms with Crippen molar-refractivity contribution in [2.45, 2.75) is 45.6 Å². The van der Waals surface area contributed by atoms with Gasteiger partial charge < -0.3 is 10.1 Å². The quantitative estimate of drug-likeness (QED) is 0.475. The molecule has 1 unspecified atom stereocenters. The van der Waals surface area contributed by atoms with Crippen LogP contribution in [0.2, 0.25) is 0 Å². The zero-order chi connectivity index (χ0) is 12.2. The van der Waals surface area contributed by atoms with Crippen molar-refractivity contribution >= 4 is 17.7 Å². The number of carbonyl (C=O) groups is 1. The minimum Gasteiger partial charge on any atom is -0.465 e. The predicted octanol–water partition coefficient (Wildman–Crippen LogP) is 2.45. The lowest BCUT2D eigenvalue weighted by Crippen LogP contribution is -2.36. The van der Waals surface area contributed by atoms with Gasteiger partial charge in [0.25, 0.3) is 0 Å². The summed E-state index contributed by atoms with van der Waals surface area (Å²) in [6, 6.07) is -0.140. The molecule has 3 nitrogen and oxygen atoms in total. The molecular formula is C12H25NO2S. The van der Waals surface area contributed by atoms with Gasteiger partial charge in [0.15, 0.2) is 0 Å². The van der Waals surface area contributed by atoms with Crippen molar-refractivity contribution in [2.24, 2.45) is 0 Å². The van der Waals surface area contributed by atoms with E-state index in [-0.39, 0.29) is 12.0 Å². The second-order valence-corrected chi connectivity index (χ2v) is 4.93. The van der Waals surface area contributed by atoms with E-state index in [4.69, 9.17) is 4.74 Å². The van der Waals surface area contributed by atoms with Gasteiger partial charge in [0.1, 0.15) is 6.04 Å². The molecule has 0 saturated carbocycles. The van der Waals surface area contributed by atoms with Crippen LogP contribution in [0.4, 0.5) is 0 Å². The Morgan fingerprint density at radius 3 is 2.62 bits per heavy atom. The maximum absolute atomic E-state index is 11.4. The zero-order valence-electron chi connectivity index (χ0n) is 10.8. The highest BCUT2D eigenvalue weighted by Gasteiger charge is 2.16. The van der Waals surface area contributed by atoms with Gasteiger partial charge in [0.05, 0.1) is 6.61 Å². The normalized spacial score (nSPS) is 12.4. The molecule has 0 fully saturated rings. The van der Waals surface area contributed by atoms with E-state index in [0.29, 0.717) is 6.61 Å². The summed E-state index contributed by atoms with van der Waals surface area (Å²) >= 11 is 1.92. The number of esters is 1. The average molecular weight is 247 g/mol. The molecule has 0 aliphatic heterocycles. The van der Waals surface area contributed by atoms with E-state index < -0.39 is 0 Å². The van der Waals surface area contributed by atoms with Crippen molar-refractivity contribution in [2.75, 3.05) is 25.2 Å². The summed E-state index contributed by atoms with van der Waals surface area (Å²) in [5, 5.41) is 3.00. The van der Waals surface area contributed by atoms with Crippen LogP contribution in [0.15, 0.2) is 0 Å². The summed E-state index contributed by atoms with van der Waals surface area (Å²) in [5.41, 5.74) is 0. The summed E-state index contributed by atoms with van der Waals surface area (Å²) in [5.74, 6) is 2.10. The Morgan fingerprint density at radius 1 is 1.31 bits per heavy atom. The van der Waals surface area contributed by atoms with Gasteiger partial charge in [0.2, 0.25) is 0 Å². The highest BCUT2D eigenvalue weighted by atomic mass is 32.2. The van der Waals surface area contributed by atoms with E-state index in [2.05, 4.69) is 12.2 Å². The predicted molar refractivity (Wildman–Crippen MR) is 70.9 cm³/mol. The fourth-order valence-corrected chi connectivity index (χ4v) is 2.40. The Labute approximate surface area is 104 Å². The first-order valence-corrected chi connectivity index (χ1v) is 7.33. The molecular weight excluding hydrogens is 222 g/mol. The fraction of sp³-hybridized carbons (Fsp3) is 0.917. The minimum atomic E-state index is -0.140. The molecule has 0 heterocycles. The van der Waals surface area contributed by atoms with Crippen LogP contribution in [-0.2, 0) is 9.53 Å². The first-order valence-electron chi connectivity index (χ1n) is 6.17. The van der Waals surface area contributed by atoms with E-state index in [1.165, 1.54) is 25.0 Å². The standard InChI is InChI=1S/C12H25NO2S/c1-4-6-7-9-16-10-8-11(13-3)12(14)15-5-2/h11,13H,4-10H2,1-3H3. The molecule has 16 heavy (non-hydrogen) atoms. The summed E-state index contributed by atoms with van der Waals surface area (Å²) in [7, 11) is 1.81. The van der Waals surface area contributed by atoms with Crippen LogP contribution in [0.3, 0.4) is 0 Å². The summed E-state index contributed by atoms with van der Waals surface area (Å²) in [4.78, 5) is 11.4. The third-order valence-corrected chi connectivity index (χ3v) is 3.46. The minimum absolute atomic E-state index is 0.126. The molecule has 0 amide bonds. The molecule has 0 aliphatic carbocycles. The SMILES string of the molecule is CCCCCSCCC(NC)C(=O)OCC. The number of unbranched alkanes of at least 4 members (excludes halogenated alkanes) is 2. The molecule has 0 saturated heterocycles. The number of rotatable bonds is 10. The van der Waals surface area contributed by atoms with Gasteiger partial charge in [0, 0.05) is 0 Å². The fourth-order valence-electron chi connectivity index (χ4n) is 1.38. The Bertz CT molecular complexity index is 176. The average Bonchev–Trinajstić information content (AvgIpc) is 2.28. The van der Waals surface area contributed by atoms with Gasteiger partial charge in [-0.1, -0.05) is 19.8 Å². The van der Waals surface area contributed by atoms with Gasteiger partial charge >= 0.3 is 5.97 Å². The summed E-state index contributed by atoms with van der Waals surface area (Å²) < 4.78 is 4.98. The lowest BCUT2D eigenvalue weighted by atomic mass is 10.2. The number of hydrogen-bond donors (Lipinski definition) is 1. The molecule has 0 radical (unpaired) electrons.